The van der Waals surface area contributed by atoms with E-state index in [4.69, 9.17) is 9.84 Å². The molecule has 132 valence electrons. The van der Waals surface area contributed by atoms with Crippen molar-refractivity contribution in [1.82, 2.24) is 4.90 Å². The predicted octanol–water partition coefficient (Wildman–Crippen LogP) is 3.47. The molecular weight excluding hydrogens is 306 g/mol. The molecule has 0 spiro atoms. The van der Waals surface area contributed by atoms with Gasteiger partial charge in [0.1, 0.15) is 5.75 Å². The van der Waals surface area contributed by atoms with Crippen LogP contribution in [-0.2, 0) is 16.1 Å². The topological polar surface area (TPSA) is 66.8 Å². The van der Waals surface area contributed by atoms with Crippen LogP contribution in [0.5, 0.6) is 5.75 Å². The second kappa shape index (κ2) is 8.18. The highest BCUT2D eigenvalue weighted by Gasteiger charge is 2.39. The van der Waals surface area contributed by atoms with Crippen LogP contribution in [0.25, 0.3) is 0 Å². The van der Waals surface area contributed by atoms with Crippen LogP contribution in [0.15, 0.2) is 24.3 Å². The van der Waals surface area contributed by atoms with Crippen LogP contribution < -0.4 is 4.74 Å². The van der Waals surface area contributed by atoms with E-state index in [-0.39, 0.29) is 17.9 Å². The number of rotatable bonds is 7. The summed E-state index contributed by atoms with van der Waals surface area (Å²) in [6, 6.07) is 7.24. The molecular formula is C19H27NO4. The molecule has 1 aliphatic carbocycles. The Labute approximate surface area is 143 Å². The maximum Gasteiger partial charge on any atom is 0.341 e. The minimum Gasteiger partial charge on any atom is -0.482 e. The minimum absolute atomic E-state index is 0.183. The third-order valence-corrected chi connectivity index (χ3v) is 4.99. The van der Waals surface area contributed by atoms with Crippen molar-refractivity contribution in [3.63, 3.8) is 0 Å². The van der Waals surface area contributed by atoms with E-state index in [1.54, 1.807) is 12.1 Å². The normalized spacial score (nSPS) is 16.4. The first-order valence-electron chi connectivity index (χ1n) is 8.66. The Morgan fingerprint density at radius 3 is 2.33 bits per heavy atom. The lowest BCUT2D eigenvalue weighted by molar-refractivity contribution is -0.143. The molecule has 24 heavy (non-hydrogen) atoms. The number of nitrogens with zero attached hydrogens (tertiary/aromatic N) is 1. The number of ether oxygens (including phenoxy) is 1. The highest BCUT2D eigenvalue weighted by Crippen LogP contribution is 2.40. The van der Waals surface area contributed by atoms with Gasteiger partial charge in [-0.1, -0.05) is 38.3 Å². The zero-order chi connectivity index (χ0) is 17.6. The van der Waals surface area contributed by atoms with Crippen LogP contribution >= 0.6 is 0 Å². The smallest absolute Gasteiger partial charge is 0.341 e. The predicted molar refractivity (Wildman–Crippen MR) is 91.9 cm³/mol. The number of carboxylic acid groups (broad SMARTS) is 1. The molecule has 0 radical (unpaired) electrons. The standard InChI is InChI=1S/C19H27NO4/c1-3-19(11-5-4-6-12-19)18(23)20(2)13-15-7-9-16(10-8-15)24-14-17(21)22/h7-10H,3-6,11-14H2,1-2H3,(H,21,22). The van der Waals surface area contributed by atoms with E-state index >= 15 is 0 Å². The highest BCUT2D eigenvalue weighted by atomic mass is 16.5. The second-order valence-corrected chi connectivity index (χ2v) is 6.68. The molecule has 1 fully saturated rings. The van der Waals surface area contributed by atoms with Gasteiger partial charge in [0.25, 0.3) is 0 Å². The van der Waals surface area contributed by atoms with Gasteiger partial charge in [0.2, 0.25) is 5.91 Å². The van der Waals surface area contributed by atoms with Crippen LogP contribution in [0.2, 0.25) is 0 Å². The summed E-state index contributed by atoms with van der Waals surface area (Å²) in [7, 11) is 1.86. The maximum absolute atomic E-state index is 12.9. The van der Waals surface area contributed by atoms with Crippen molar-refractivity contribution in [2.45, 2.75) is 52.0 Å². The van der Waals surface area contributed by atoms with Crippen LogP contribution in [-0.4, -0.2) is 35.5 Å². The van der Waals surface area contributed by atoms with Gasteiger partial charge in [0.05, 0.1) is 0 Å². The van der Waals surface area contributed by atoms with Crippen molar-refractivity contribution in [3.05, 3.63) is 29.8 Å². The van der Waals surface area contributed by atoms with E-state index in [1.165, 1.54) is 6.42 Å². The average molecular weight is 333 g/mol. The Balaban J connectivity index is 1.96. The zero-order valence-electron chi connectivity index (χ0n) is 14.6. The largest absolute Gasteiger partial charge is 0.482 e. The van der Waals surface area contributed by atoms with Gasteiger partial charge in [-0.25, -0.2) is 4.79 Å². The molecule has 2 rings (SSSR count). The van der Waals surface area contributed by atoms with E-state index in [1.807, 2.05) is 24.1 Å². The number of carboxylic acids is 1. The zero-order valence-corrected chi connectivity index (χ0v) is 14.6. The van der Waals surface area contributed by atoms with Gasteiger partial charge in [-0.05, 0) is 37.0 Å². The van der Waals surface area contributed by atoms with Gasteiger partial charge in [-0.3, -0.25) is 4.79 Å². The summed E-state index contributed by atoms with van der Waals surface area (Å²) in [6.07, 6.45) is 6.41. The van der Waals surface area contributed by atoms with Crippen molar-refractivity contribution < 1.29 is 19.4 Å². The molecule has 5 nitrogen and oxygen atoms in total. The van der Waals surface area contributed by atoms with E-state index in [0.717, 1.165) is 37.7 Å². The van der Waals surface area contributed by atoms with Crippen LogP contribution in [0, 0.1) is 5.41 Å². The molecule has 1 aliphatic rings. The molecule has 0 aliphatic heterocycles. The third-order valence-electron chi connectivity index (χ3n) is 4.99. The number of hydrogen-bond acceptors (Lipinski definition) is 3. The van der Waals surface area contributed by atoms with Crippen LogP contribution in [0.3, 0.4) is 0 Å². The number of amides is 1. The lowest BCUT2D eigenvalue weighted by Crippen LogP contribution is -2.42. The van der Waals surface area contributed by atoms with Gasteiger partial charge in [0, 0.05) is 19.0 Å². The van der Waals surface area contributed by atoms with Crippen molar-refractivity contribution in [3.8, 4) is 5.75 Å². The summed E-state index contributed by atoms with van der Waals surface area (Å²) < 4.78 is 5.12. The molecule has 0 saturated heterocycles. The molecule has 1 aromatic carbocycles. The summed E-state index contributed by atoms with van der Waals surface area (Å²) in [4.78, 5) is 25.3. The Morgan fingerprint density at radius 1 is 1.17 bits per heavy atom. The van der Waals surface area contributed by atoms with E-state index < -0.39 is 5.97 Å². The summed E-state index contributed by atoms with van der Waals surface area (Å²) in [6.45, 7) is 2.32. The first-order chi connectivity index (χ1) is 11.5. The lowest BCUT2D eigenvalue weighted by Gasteiger charge is -2.38. The number of benzene rings is 1. The molecule has 5 heteroatoms. The van der Waals surface area contributed by atoms with Crippen molar-refractivity contribution in [2.24, 2.45) is 5.41 Å². The van der Waals surface area contributed by atoms with Gasteiger partial charge in [-0.15, -0.1) is 0 Å². The molecule has 0 unspecified atom stereocenters. The molecule has 1 saturated carbocycles. The quantitative estimate of drug-likeness (QED) is 0.830. The molecule has 0 heterocycles. The monoisotopic (exact) mass is 333 g/mol. The summed E-state index contributed by atoms with van der Waals surface area (Å²) >= 11 is 0. The lowest BCUT2D eigenvalue weighted by atomic mass is 9.71. The molecule has 1 N–H and O–H groups in total. The van der Waals surface area contributed by atoms with E-state index in [0.29, 0.717) is 12.3 Å². The fourth-order valence-electron chi connectivity index (χ4n) is 3.53. The summed E-state index contributed by atoms with van der Waals surface area (Å²) in [5, 5.41) is 8.61. The van der Waals surface area contributed by atoms with Crippen LogP contribution in [0.4, 0.5) is 0 Å². The van der Waals surface area contributed by atoms with Crippen molar-refractivity contribution in [2.75, 3.05) is 13.7 Å². The van der Waals surface area contributed by atoms with E-state index in [9.17, 15) is 9.59 Å². The van der Waals surface area contributed by atoms with Crippen molar-refractivity contribution >= 4 is 11.9 Å². The Morgan fingerprint density at radius 2 is 1.79 bits per heavy atom. The van der Waals surface area contributed by atoms with Crippen molar-refractivity contribution in [1.29, 1.82) is 0 Å². The van der Waals surface area contributed by atoms with Gasteiger partial charge < -0.3 is 14.7 Å². The Kier molecular flexibility index (Phi) is 6.23. The fourth-order valence-corrected chi connectivity index (χ4v) is 3.53. The number of carbonyl (C=O) groups excluding carboxylic acids is 1. The number of aliphatic carboxylic acids is 1. The Hall–Kier alpha value is -2.04. The van der Waals surface area contributed by atoms with E-state index in [2.05, 4.69) is 6.92 Å². The molecule has 0 aromatic heterocycles. The number of carbonyl (C=O) groups is 2. The third kappa shape index (κ3) is 4.49. The highest BCUT2D eigenvalue weighted by molar-refractivity contribution is 5.82. The minimum atomic E-state index is -0.998. The first kappa shape index (κ1) is 18.3. The molecule has 1 amide bonds. The van der Waals surface area contributed by atoms with Gasteiger partial charge in [-0.2, -0.15) is 0 Å². The molecule has 0 atom stereocenters. The number of hydrogen-bond donors (Lipinski definition) is 1. The molecule has 1 aromatic rings. The van der Waals surface area contributed by atoms with Crippen LogP contribution in [0.1, 0.15) is 51.0 Å². The summed E-state index contributed by atoms with van der Waals surface area (Å²) in [5.74, 6) is -0.231. The first-order valence-corrected chi connectivity index (χ1v) is 8.66. The SMILES string of the molecule is CCC1(C(=O)N(C)Cc2ccc(OCC(=O)O)cc2)CCCCC1. The maximum atomic E-state index is 12.9. The van der Waals surface area contributed by atoms with Gasteiger partial charge in [0.15, 0.2) is 6.61 Å². The average Bonchev–Trinajstić information content (AvgIpc) is 2.61. The summed E-state index contributed by atoms with van der Waals surface area (Å²) in [5.41, 5.74) is 0.827. The fraction of sp³-hybridized carbons (Fsp3) is 0.579. The van der Waals surface area contributed by atoms with Gasteiger partial charge >= 0.3 is 5.97 Å². The Bertz CT molecular complexity index is 561. The molecule has 0 bridgehead atoms. The second-order valence-electron chi connectivity index (χ2n) is 6.68.